The number of hydrogen-bond donors (Lipinski definition) is 1. The molecule has 1 amide bonds. The summed E-state index contributed by atoms with van der Waals surface area (Å²) in [7, 11) is -3.77. The van der Waals surface area contributed by atoms with Crippen LogP contribution < -0.4 is 0 Å². The summed E-state index contributed by atoms with van der Waals surface area (Å²) in [6, 6.07) is 2.80. The van der Waals surface area contributed by atoms with Crippen molar-refractivity contribution in [3.63, 3.8) is 0 Å². The Morgan fingerprint density at radius 1 is 1.30 bits per heavy atom. The van der Waals surface area contributed by atoms with Crippen LogP contribution in [0.5, 0.6) is 0 Å². The Hall–Kier alpha value is -2.49. The average Bonchev–Trinajstić information content (AvgIpc) is 2.44. The van der Waals surface area contributed by atoms with E-state index in [0.717, 1.165) is 29.4 Å². The van der Waals surface area contributed by atoms with E-state index in [1.54, 1.807) is 6.92 Å². The van der Waals surface area contributed by atoms with Crippen molar-refractivity contribution < 1.29 is 28.0 Å². The number of carbonyl (C=O) groups excluding carboxylic acids is 1. The smallest absolute Gasteiger partial charge is 0.323 e. The van der Waals surface area contributed by atoms with E-state index in [2.05, 4.69) is 0 Å². The molecule has 0 fully saturated rings. The number of nitro benzene ring substituents is 1. The monoisotopic (exact) mass is 344 g/mol. The van der Waals surface area contributed by atoms with Crippen LogP contribution in [0, 0.1) is 10.1 Å². The van der Waals surface area contributed by atoms with E-state index in [1.807, 2.05) is 0 Å². The maximum atomic E-state index is 12.4. The molecule has 10 heteroatoms. The normalized spacial score (nSPS) is 11.0. The number of hydrogen-bond acceptors (Lipinski definition) is 6. The third-order valence-electron chi connectivity index (χ3n) is 2.88. The zero-order chi connectivity index (χ0) is 17.8. The maximum Gasteiger partial charge on any atom is 0.323 e. The number of carbonyl (C=O) groups is 2. The molecule has 0 atom stereocenters. The Balaban J connectivity index is 3.38. The van der Waals surface area contributed by atoms with Gasteiger partial charge in [-0.25, -0.2) is 8.42 Å². The Kier molecular flexibility index (Phi) is 5.79. The summed E-state index contributed by atoms with van der Waals surface area (Å²) in [5.74, 6) is -2.01. The van der Waals surface area contributed by atoms with Crippen LogP contribution in [0.4, 0.5) is 5.69 Å². The first-order chi connectivity index (χ1) is 10.6. The fourth-order valence-corrected chi connectivity index (χ4v) is 2.57. The van der Waals surface area contributed by atoms with Gasteiger partial charge in [-0.15, -0.1) is 0 Å². The Morgan fingerprint density at radius 2 is 1.91 bits per heavy atom. The molecule has 23 heavy (non-hydrogen) atoms. The van der Waals surface area contributed by atoms with Crippen molar-refractivity contribution in [3.8, 4) is 0 Å². The zero-order valence-electron chi connectivity index (χ0n) is 12.6. The molecular formula is C13H16N2O7S. The molecule has 0 saturated carbocycles. The summed E-state index contributed by atoms with van der Waals surface area (Å²) in [4.78, 5) is 33.9. The number of non-ortho nitro benzene ring substituents is 1. The topological polar surface area (TPSA) is 135 Å². The van der Waals surface area contributed by atoms with Gasteiger partial charge in [0.2, 0.25) is 0 Å². The molecule has 0 bridgehead atoms. The van der Waals surface area contributed by atoms with Crippen molar-refractivity contribution in [2.45, 2.75) is 18.2 Å². The van der Waals surface area contributed by atoms with Crippen molar-refractivity contribution in [2.75, 3.05) is 19.3 Å². The highest BCUT2D eigenvalue weighted by Gasteiger charge is 2.23. The SMILES string of the molecule is CCCN(CC(=O)O)C(=O)c1cc([N+](=O)[O-])cc(S(C)(=O)=O)c1. The third kappa shape index (κ3) is 5.02. The number of rotatable bonds is 7. The molecule has 0 saturated heterocycles. The molecule has 0 aliphatic heterocycles. The van der Waals surface area contributed by atoms with Gasteiger partial charge in [-0.3, -0.25) is 19.7 Å². The number of aliphatic carboxylic acids is 1. The molecule has 0 aliphatic rings. The number of nitro groups is 1. The molecule has 0 aromatic heterocycles. The van der Waals surface area contributed by atoms with E-state index in [-0.39, 0.29) is 17.0 Å². The lowest BCUT2D eigenvalue weighted by atomic mass is 10.1. The van der Waals surface area contributed by atoms with Gasteiger partial charge in [-0.1, -0.05) is 6.92 Å². The van der Waals surface area contributed by atoms with E-state index in [9.17, 15) is 28.1 Å². The fourth-order valence-electron chi connectivity index (χ4n) is 1.89. The van der Waals surface area contributed by atoms with E-state index < -0.39 is 38.9 Å². The van der Waals surface area contributed by atoms with Gasteiger partial charge in [0.05, 0.1) is 9.82 Å². The van der Waals surface area contributed by atoms with Crippen LogP contribution >= 0.6 is 0 Å². The second-order valence-electron chi connectivity index (χ2n) is 4.87. The highest BCUT2D eigenvalue weighted by atomic mass is 32.2. The van der Waals surface area contributed by atoms with Gasteiger partial charge >= 0.3 is 5.97 Å². The number of amides is 1. The summed E-state index contributed by atoms with van der Waals surface area (Å²) in [5, 5.41) is 19.8. The molecular weight excluding hydrogens is 328 g/mol. The highest BCUT2D eigenvalue weighted by molar-refractivity contribution is 7.90. The number of benzene rings is 1. The minimum absolute atomic E-state index is 0.127. The maximum absolute atomic E-state index is 12.4. The number of nitrogens with zero attached hydrogens (tertiary/aromatic N) is 2. The van der Waals surface area contributed by atoms with Crippen molar-refractivity contribution in [2.24, 2.45) is 0 Å². The lowest BCUT2D eigenvalue weighted by Crippen LogP contribution is -2.36. The molecule has 1 rings (SSSR count). The number of carboxylic acids is 1. The summed E-state index contributed by atoms with van der Waals surface area (Å²) in [5.41, 5.74) is -0.794. The van der Waals surface area contributed by atoms with E-state index in [1.165, 1.54) is 0 Å². The lowest BCUT2D eigenvalue weighted by Gasteiger charge is -2.20. The van der Waals surface area contributed by atoms with Crippen LogP contribution in [0.2, 0.25) is 0 Å². The molecule has 0 unspecified atom stereocenters. The van der Waals surface area contributed by atoms with Gasteiger partial charge in [0.15, 0.2) is 9.84 Å². The van der Waals surface area contributed by atoms with Gasteiger partial charge in [0.25, 0.3) is 11.6 Å². The summed E-state index contributed by atoms with van der Waals surface area (Å²) in [6.07, 6.45) is 1.34. The molecule has 0 spiro atoms. The minimum Gasteiger partial charge on any atom is -0.480 e. The van der Waals surface area contributed by atoms with E-state index in [0.29, 0.717) is 6.42 Å². The van der Waals surface area contributed by atoms with E-state index >= 15 is 0 Å². The first-order valence-electron chi connectivity index (χ1n) is 6.57. The second kappa shape index (κ2) is 7.18. The number of carboxylic acid groups (broad SMARTS) is 1. The minimum atomic E-state index is -3.77. The largest absolute Gasteiger partial charge is 0.480 e. The molecule has 1 aromatic carbocycles. The zero-order valence-corrected chi connectivity index (χ0v) is 13.4. The van der Waals surface area contributed by atoms with Gasteiger partial charge in [-0.2, -0.15) is 0 Å². The summed E-state index contributed by atoms with van der Waals surface area (Å²) in [6.45, 7) is 1.28. The van der Waals surface area contributed by atoms with Crippen LogP contribution in [0.25, 0.3) is 0 Å². The van der Waals surface area contributed by atoms with Crippen LogP contribution in [-0.4, -0.2) is 54.6 Å². The molecule has 9 nitrogen and oxygen atoms in total. The van der Waals surface area contributed by atoms with Crippen LogP contribution in [-0.2, 0) is 14.6 Å². The van der Waals surface area contributed by atoms with Gasteiger partial charge in [0, 0.05) is 30.5 Å². The third-order valence-corrected chi connectivity index (χ3v) is 3.98. The molecule has 0 heterocycles. The molecule has 126 valence electrons. The Labute approximate surface area is 132 Å². The predicted molar refractivity (Wildman–Crippen MR) is 80.0 cm³/mol. The quantitative estimate of drug-likeness (QED) is 0.574. The van der Waals surface area contributed by atoms with Crippen LogP contribution in [0.1, 0.15) is 23.7 Å². The average molecular weight is 344 g/mol. The second-order valence-corrected chi connectivity index (χ2v) is 6.88. The summed E-state index contributed by atoms with van der Waals surface area (Å²) >= 11 is 0. The predicted octanol–water partition coefficient (Wildman–Crippen LogP) is 0.935. The van der Waals surface area contributed by atoms with Crippen molar-refractivity contribution >= 4 is 27.4 Å². The fraction of sp³-hybridized carbons (Fsp3) is 0.385. The van der Waals surface area contributed by atoms with Crippen LogP contribution in [0.15, 0.2) is 23.1 Å². The van der Waals surface area contributed by atoms with Gasteiger partial charge < -0.3 is 10.0 Å². The highest BCUT2D eigenvalue weighted by Crippen LogP contribution is 2.22. The molecule has 0 aliphatic carbocycles. The van der Waals surface area contributed by atoms with Crippen LogP contribution in [0.3, 0.4) is 0 Å². The standard InChI is InChI=1S/C13H16N2O7S/c1-3-4-14(8-12(16)17)13(18)9-5-10(15(19)20)7-11(6-9)23(2,21)22/h5-7H,3-4,8H2,1-2H3,(H,16,17). The first-order valence-corrected chi connectivity index (χ1v) is 8.46. The lowest BCUT2D eigenvalue weighted by molar-refractivity contribution is -0.385. The molecule has 1 N–H and O–H groups in total. The van der Waals surface area contributed by atoms with Crippen molar-refractivity contribution in [3.05, 3.63) is 33.9 Å². The van der Waals surface area contributed by atoms with Crippen molar-refractivity contribution in [1.29, 1.82) is 0 Å². The Bertz CT molecular complexity index is 743. The number of sulfone groups is 1. The van der Waals surface area contributed by atoms with E-state index in [4.69, 9.17) is 5.11 Å². The van der Waals surface area contributed by atoms with Gasteiger partial charge in [0.1, 0.15) is 6.54 Å². The summed E-state index contributed by atoms with van der Waals surface area (Å²) < 4.78 is 23.2. The Morgan fingerprint density at radius 3 is 2.35 bits per heavy atom. The van der Waals surface area contributed by atoms with Crippen molar-refractivity contribution in [1.82, 2.24) is 4.90 Å². The molecule has 1 aromatic rings. The van der Waals surface area contributed by atoms with Gasteiger partial charge in [-0.05, 0) is 12.5 Å². The molecule has 0 radical (unpaired) electrons. The first kappa shape index (κ1) is 18.6.